The highest BCUT2D eigenvalue weighted by molar-refractivity contribution is 5.94. The van der Waals surface area contributed by atoms with Gasteiger partial charge in [-0.1, -0.05) is 6.42 Å². The quantitative estimate of drug-likeness (QED) is 0.527. The first-order valence-corrected chi connectivity index (χ1v) is 7.63. The molecule has 1 aromatic rings. The highest BCUT2D eigenvalue weighted by Crippen LogP contribution is 2.47. The Bertz CT molecular complexity index is 642. The molecule has 0 spiro atoms. The van der Waals surface area contributed by atoms with Crippen LogP contribution >= 0.6 is 0 Å². The molecule has 0 aromatic heterocycles. The fourth-order valence-electron chi connectivity index (χ4n) is 3.73. The van der Waals surface area contributed by atoms with Crippen molar-refractivity contribution in [3.63, 3.8) is 0 Å². The first kappa shape index (κ1) is 14.7. The van der Waals surface area contributed by atoms with E-state index >= 15 is 0 Å². The van der Waals surface area contributed by atoms with Gasteiger partial charge < -0.3 is 0 Å². The number of fused-ring (bicyclic) bond motifs is 2. The monoisotopic (exact) mass is 301 g/mol. The molecule has 0 aliphatic heterocycles. The SMILES string of the molecule is Cc1cc(C(=O)N/N=C/C2CC3CCC2C3)ccc1[N+](=O)[O-]. The van der Waals surface area contributed by atoms with E-state index < -0.39 is 4.92 Å². The van der Waals surface area contributed by atoms with Crippen molar-refractivity contribution in [2.45, 2.75) is 32.6 Å². The van der Waals surface area contributed by atoms with Gasteiger partial charge in [0.25, 0.3) is 11.6 Å². The molecule has 6 heteroatoms. The number of hydrogen-bond donors (Lipinski definition) is 1. The number of amides is 1. The van der Waals surface area contributed by atoms with Crippen LogP contribution < -0.4 is 5.43 Å². The second-order valence-electron chi connectivity index (χ2n) is 6.32. The molecule has 0 heterocycles. The molecule has 3 atom stereocenters. The smallest absolute Gasteiger partial charge is 0.267 e. The molecule has 0 radical (unpaired) electrons. The Morgan fingerprint density at radius 1 is 1.41 bits per heavy atom. The third kappa shape index (κ3) is 2.86. The van der Waals surface area contributed by atoms with Crippen LogP contribution in [0, 0.1) is 34.8 Å². The Labute approximate surface area is 128 Å². The molecule has 2 bridgehead atoms. The number of carbonyl (C=O) groups excluding carboxylic acids is 1. The van der Waals surface area contributed by atoms with Crippen LogP contribution in [0.3, 0.4) is 0 Å². The lowest BCUT2D eigenvalue weighted by Gasteiger charge is -2.16. The molecule has 2 aliphatic carbocycles. The minimum Gasteiger partial charge on any atom is -0.267 e. The number of rotatable bonds is 4. The Kier molecular flexibility index (Phi) is 3.92. The number of nitro benzene ring substituents is 1. The van der Waals surface area contributed by atoms with Crippen molar-refractivity contribution in [3.05, 3.63) is 39.4 Å². The van der Waals surface area contributed by atoms with Crippen LogP contribution in [0.2, 0.25) is 0 Å². The fourth-order valence-corrected chi connectivity index (χ4v) is 3.73. The van der Waals surface area contributed by atoms with Gasteiger partial charge in [0.15, 0.2) is 0 Å². The number of aryl methyl sites for hydroxylation is 1. The van der Waals surface area contributed by atoms with Crippen molar-refractivity contribution in [2.75, 3.05) is 0 Å². The van der Waals surface area contributed by atoms with Gasteiger partial charge in [0.05, 0.1) is 4.92 Å². The van der Waals surface area contributed by atoms with Crippen molar-refractivity contribution >= 4 is 17.8 Å². The molecule has 3 unspecified atom stereocenters. The van der Waals surface area contributed by atoms with E-state index in [1.165, 1.54) is 43.9 Å². The molecule has 1 aromatic carbocycles. The molecule has 3 rings (SSSR count). The summed E-state index contributed by atoms with van der Waals surface area (Å²) in [7, 11) is 0. The summed E-state index contributed by atoms with van der Waals surface area (Å²) < 4.78 is 0. The summed E-state index contributed by atoms with van der Waals surface area (Å²) in [6.07, 6.45) is 6.95. The third-order valence-corrected chi connectivity index (χ3v) is 4.88. The van der Waals surface area contributed by atoms with Crippen LogP contribution in [0.1, 0.15) is 41.6 Å². The molecule has 2 fully saturated rings. The van der Waals surface area contributed by atoms with Gasteiger partial charge >= 0.3 is 0 Å². The van der Waals surface area contributed by atoms with Gasteiger partial charge in [-0.15, -0.1) is 0 Å². The average molecular weight is 301 g/mol. The van der Waals surface area contributed by atoms with Gasteiger partial charge in [-0.25, -0.2) is 5.43 Å². The maximum Gasteiger partial charge on any atom is 0.272 e. The van der Waals surface area contributed by atoms with Crippen LogP contribution in [0.5, 0.6) is 0 Å². The average Bonchev–Trinajstić information content (AvgIpc) is 3.09. The Morgan fingerprint density at radius 3 is 2.82 bits per heavy atom. The van der Waals surface area contributed by atoms with Gasteiger partial charge in [-0.2, -0.15) is 5.10 Å². The van der Waals surface area contributed by atoms with Crippen LogP contribution in [0.15, 0.2) is 23.3 Å². The summed E-state index contributed by atoms with van der Waals surface area (Å²) in [5.74, 6) is 1.72. The number of nitrogens with zero attached hydrogens (tertiary/aromatic N) is 2. The summed E-state index contributed by atoms with van der Waals surface area (Å²) in [4.78, 5) is 22.3. The number of hydrazone groups is 1. The van der Waals surface area contributed by atoms with Crippen molar-refractivity contribution in [2.24, 2.45) is 22.9 Å². The number of benzene rings is 1. The lowest BCUT2D eigenvalue weighted by Crippen LogP contribution is -2.20. The van der Waals surface area contributed by atoms with E-state index in [4.69, 9.17) is 0 Å². The maximum absolute atomic E-state index is 12.0. The van der Waals surface area contributed by atoms with Crippen molar-refractivity contribution in [3.8, 4) is 0 Å². The molecule has 0 saturated heterocycles. The van der Waals surface area contributed by atoms with E-state index in [9.17, 15) is 14.9 Å². The summed E-state index contributed by atoms with van der Waals surface area (Å²) >= 11 is 0. The summed E-state index contributed by atoms with van der Waals surface area (Å²) in [6.45, 7) is 1.62. The van der Waals surface area contributed by atoms with E-state index in [0.29, 0.717) is 17.0 Å². The standard InChI is InChI=1S/C16H19N3O3/c1-10-6-13(4-5-15(10)19(21)22)16(20)18-17-9-14-8-11-2-3-12(14)7-11/h4-6,9,11-12,14H,2-3,7-8H2,1H3,(H,18,20)/b17-9+. The number of nitrogens with one attached hydrogen (secondary N) is 1. The van der Waals surface area contributed by atoms with Gasteiger partial charge in [-0.05, 0) is 56.1 Å². The maximum atomic E-state index is 12.0. The van der Waals surface area contributed by atoms with Crippen LogP contribution in [-0.2, 0) is 0 Å². The largest absolute Gasteiger partial charge is 0.272 e. The lowest BCUT2D eigenvalue weighted by molar-refractivity contribution is -0.385. The number of hydrogen-bond acceptors (Lipinski definition) is 4. The third-order valence-electron chi connectivity index (χ3n) is 4.88. The van der Waals surface area contributed by atoms with Crippen molar-refractivity contribution < 1.29 is 9.72 Å². The topological polar surface area (TPSA) is 84.6 Å². The van der Waals surface area contributed by atoms with Crippen molar-refractivity contribution in [1.29, 1.82) is 0 Å². The van der Waals surface area contributed by atoms with E-state index in [2.05, 4.69) is 10.5 Å². The molecular weight excluding hydrogens is 282 g/mol. The summed E-state index contributed by atoms with van der Waals surface area (Å²) in [5, 5.41) is 14.8. The fraction of sp³-hybridized carbons (Fsp3) is 0.500. The normalized spacial score (nSPS) is 26.5. The van der Waals surface area contributed by atoms with E-state index in [1.54, 1.807) is 6.92 Å². The van der Waals surface area contributed by atoms with E-state index in [1.807, 2.05) is 6.21 Å². The first-order valence-electron chi connectivity index (χ1n) is 7.63. The zero-order valence-corrected chi connectivity index (χ0v) is 12.5. The van der Waals surface area contributed by atoms with E-state index in [0.717, 1.165) is 11.8 Å². The lowest BCUT2D eigenvalue weighted by atomic mass is 9.90. The highest BCUT2D eigenvalue weighted by Gasteiger charge is 2.38. The zero-order valence-electron chi connectivity index (χ0n) is 12.5. The van der Waals surface area contributed by atoms with Gasteiger partial charge in [0, 0.05) is 23.4 Å². The Hall–Kier alpha value is -2.24. The predicted octanol–water partition coefficient (Wildman–Crippen LogP) is 3.06. The molecule has 1 amide bonds. The molecule has 2 saturated carbocycles. The highest BCUT2D eigenvalue weighted by atomic mass is 16.6. The molecule has 2 aliphatic rings. The van der Waals surface area contributed by atoms with Gasteiger partial charge in [-0.3, -0.25) is 14.9 Å². The number of nitro groups is 1. The second kappa shape index (κ2) is 5.87. The van der Waals surface area contributed by atoms with Crippen LogP contribution in [0.25, 0.3) is 0 Å². The second-order valence-corrected chi connectivity index (χ2v) is 6.32. The van der Waals surface area contributed by atoms with E-state index in [-0.39, 0.29) is 11.6 Å². The van der Waals surface area contributed by atoms with Crippen LogP contribution in [-0.4, -0.2) is 17.0 Å². The Balaban J connectivity index is 1.60. The van der Waals surface area contributed by atoms with Gasteiger partial charge in [0.1, 0.15) is 0 Å². The minimum atomic E-state index is -0.454. The molecule has 1 N–H and O–H groups in total. The van der Waals surface area contributed by atoms with Crippen molar-refractivity contribution in [1.82, 2.24) is 5.43 Å². The minimum absolute atomic E-state index is 0.0158. The molecular formula is C16H19N3O3. The molecule has 22 heavy (non-hydrogen) atoms. The Morgan fingerprint density at radius 2 is 2.23 bits per heavy atom. The predicted molar refractivity (Wildman–Crippen MR) is 82.7 cm³/mol. The molecule has 6 nitrogen and oxygen atoms in total. The van der Waals surface area contributed by atoms with Gasteiger partial charge in [0.2, 0.25) is 0 Å². The summed E-state index contributed by atoms with van der Waals surface area (Å²) in [6, 6.07) is 4.32. The molecule has 116 valence electrons. The first-order chi connectivity index (χ1) is 10.5. The van der Waals surface area contributed by atoms with Crippen LogP contribution in [0.4, 0.5) is 5.69 Å². The summed E-state index contributed by atoms with van der Waals surface area (Å²) in [5.41, 5.74) is 3.39. The zero-order chi connectivity index (χ0) is 15.7. The number of carbonyl (C=O) groups is 1.